The summed E-state index contributed by atoms with van der Waals surface area (Å²) in [5.41, 5.74) is 2.54. The number of ether oxygens (including phenoxy) is 1. The summed E-state index contributed by atoms with van der Waals surface area (Å²) in [4.78, 5) is 12.4. The number of nitrogens with zero attached hydrogens (tertiary/aromatic N) is 2. The molecule has 1 aliphatic rings. The third-order valence-electron chi connectivity index (χ3n) is 5.88. The molecule has 2 aromatic carbocycles. The van der Waals surface area contributed by atoms with Crippen LogP contribution < -0.4 is 14.4 Å². The number of benzene rings is 2. The second-order valence-corrected chi connectivity index (χ2v) is 12.9. The molecule has 1 aliphatic heterocycles. The summed E-state index contributed by atoms with van der Waals surface area (Å²) in [6.07, 6.45) is 3.49. The van der Waals surface area contributed by atoms with Gasteiger partial charge in [0.05, 0.1) is 23.4 Å². The van der Waals surface area contributed by atoms with E-state index in [1.165, 1.54) is 20.7 Å². The Kier molecular flexibility index (Phi) is 9.37. The number of sulfonamides is 2. The standard InChI is InChI=1S/C25H35N3O6S2/c1-20-17-21(2)19-22(18-20)28(35(3,30)31)15-6-7-25(29)26-12-16-34-23-8-10-24(11-9-23)36(32,33)27-13-4-5-14-27/h8-11,17-19H,4-7,12-16H2,1-3H3,(H,26,29). The lowest BCUT2D eigenvalue weighted by Crippen LogP contribution is -2.33. The molecular weight excluding hydrogens is 502 g/mol. The fraction of sp³-hybridized carbons (Fsp3) is 0.480. The van der Waals surface area contributed by atoms with Crippen molar-refractivity contribution >= 4 is 31.6 Å². The van der Waals surface area contributed by atoms with Gasteiger partial charge in [-0.3, -0.25) is 9.10 Å². The molecule has 36 heavy (non-hydrogen) atoms. The largest absolute Gasteiger partial charge is 0.492 e. The van der Waals surface area contributed by atoms with Crippen molar-refractivity contribution in [3.8, 4) is 5.75 Å². The van der Waals surface area contributed by atoms with Crippen molar-refractivity contribution < 1.29 is 26.4 Å². The number of anilines is 1. The second-order valence-electron chi connectivity index (χ2n) is 9.07. The van der Waals surface area contributed by atoms with Crippen LogP contribution in [0.3, 0.4) is 0 Å². The lowest BCUT2D eigenvalue weighted by atomic mass is 10.1. The fourth-order valence-corrected chi connectivity index (χ4v) is 6.66. The van der Waals surface area contributed by atoms with Gasteiger partial charge in [0.15, 0.2) is 0 Å². The van der Waals surface area contributed by atoms with Crippen LogP contribution in [0.1, 0.15) is 36.8 Å². The molecule has 1 amide bonds. The number of carbonyl (C=O) groups excluding carboxylic acids is 1. The van der Waals surface area contributed by atoms with Crippen LogP contribution in [0.15, 0.2) is 47.4 Å². The van der Waals surface area contributed by atoms with Gasteiger partial charge in [-0.15, -0.1) is 0 Å². The van der Waals surface area contributed by atoms with Crippen molar-refractivity contribution in [2.75, 3.05) is 43.3 Å². The molecule has 0 radical (unpaired) electrons. The van der Waals surface area contributed by atoms with E-state index in [0.29, 0.717) is 30.9 Å². The van der Waals surface area contributed by atoms with Gasteiger partial charge in [-0.05, 0) is 80.6 Å². The van der Waals surface area contributed by atoms with Crippen molar-refractivity contribution in [2.24, 2.45) is 0 Å². The van der Waals surface area contributed by atoms with Crippen LogP contribution >= 0.6 is 0 Å². The number of nitrogens with one attached hydrogen (secondary N) is 1. The summed E-state index contributed by atoms with van der Waals surface area (Å²) in [7, 11) is -6.94. The Morgan fingerprint density at radius 1 is 1.00 bits per heavy atom. The minimum absolute atomic E-state index is 0.180. The highest BCUT2D eigenvalue weighted by Gasteiger charge is 2.27. The highest BCUT2D eigenvalue weighted by molar-refractivity contribution is 7.92. The Morgan fingerprint density at radius 2 is 1.61 bits per heavy atom. The molecule has 0 aliphatic carbocycles. The minimum Gasteiger partial charge on any atom is -0.492 e. The molecule has 198 valence electrons. The van der Waals surface area contributed by atoms with Crippen molar-refractivity contribution in [1.29, 1.82) is 0 Å². The number of hydrogen-bond acceptors (Lipinski definition) is 6. The van der Waals surface area contributed by atoms with Gasteiger partial charge in [0.1, 0.15) is 12.4 Å². The molecule has 0 unspecified atom stereocenters. The van der Waals surface area contributed by atoms with Crippen molar-refractivity contribution in [1.82, 2.24) is 9.62 Å². The summed E-state index contributed by atoms with van der Waals surface area (Å²) in [5, 5.41) is 2.76. The van der Waals surface area contributed by atoms with E-state index in [1.807, 2.05) is 32.0 Å². The lowest BCUT2D eigenvalue weighted by molar-refractivity contribution is -0.121. The number of rotatable bonds is 12. The quantitative estimate of drug-likeness (QED) is 0.417. The smallest absolute Gasteiger partial charge is 0.243 e. The number of hydrogen-bond donors (Lipinski definition) is 1. The lowest BCUT2D eigenvalue weighted by Gasteiger charge is -2.23. The van der Waals surface area contributed by atoms with Gasteiger partial charge in [0.25, 0.3) is 0 Å². The van der Waals surface area contributed by atoms with Crippen LogP contribution in [0.25, 0.3) is 0 Å². The first-order valence-corrected chi connectivity index (χ1v) is 15.3. The molecule has 1 heterocycles. The highest BCUT2D eigenvalue weighted by Crippen LogP contribution is 2.23. The molecule has 0 saturated carbocycles. The predicted molar refractivity (Wildman–Crippen MR) is 140 cm³/mol. The van der Waals surface area contributed by atoms with E-state index >= 15 is 0 Å². The fourth-order valence-electron chi connectivity index (χ4n) is 4.20. The monoisotopic (exact) mass is 537 g/mol. The van der Waals surface area contributed by atoms with Crippen LogP contribution in [0, 0.1) is 13.8 Å². The van der Waals surface area contributed by atoms with Gasteiger partial charge < -0.3 is 10.1 Å². The zero-order valence-corrected chi connectivity index (χ0v) is 22.7. The topological polar surface area (TPSA) is 113 Å². The summed E-state index contributed by atoms with van der Waals surface area (Å²) < 4.78 is 58.2. The molecule has 1 saturated heterocycles. The maximum Gasteiger partial charge on any atom is 0.243 e. The minimum atomic E-state index is -3.48. The summed E-state index contributed by atoms with van der Waals surface area (Å²) in [6, 6.07) is 11.9. The van der Waals surface area contributed by atoms with Crippen LogP contribution in [0.5, 0.6) is 5.75 Å². The molecule has 0 spiro atoms. The summed E-state index contributed by atoms with van der Waals surface area (Å²) in [6.45, 7) is 5.64. The summed E-state index contributed by atoms with van der Waals surface area (Å²) >= 11 is 0. The van der Waals surface area contributed by atoms with Crippen LogP contribution in [0.4, 0.5) is 5.69 Å². The van der Waals surface area contributed by atoms with E-state index in [4.69, 9.17) is 4.74 Å². The van der Waals surface area contributed by atoms with Crippen LogP contribution in [-0.2, 0) is 24.8 Å². The first-order chi connectivity index (χ1) is 17.0. The van der Waals surface area contributed by atoms with E-state index in [2.05, 4.69) is 5.32 Å². The zero-order chi connectivity index (χ0) is 26.3. The molecule has 0 atom stereocenters. The predicted octanol–water partition coefficient (Wildman–Crippen LogP) is 2.83. The molecular formula is C25H35N3O6S2. The van der Waals surface area contributed by atoms with E-state index in [1.54, 1.807) is 12.1 Å². The second kappa shape index (κ2) is 12.1. The Labute approximate surface area is 214 Å². The third-order valence-corrected chi connectivity index (χ3v) is 8.99. The van der Waals surface area contributed by atoms with Crippen LogP contribution in [-0.4, -0.2) is 66.1 Å². The van der Waals surface area contributed by atoms with Gasteiger partial charge in [0, 0.05) is 26.1 Å². The average molecular weight is 538 g/mol. The highest BCUT2D eigenvalue weighted by atomic mass is 32.2. The number of carbonyl (C=O) groups is 1. The van der Waals surface area contributed by atoms with Crippen molar-refractivity contribution in [3.05, 3.63) is 53.6 Å². The normalized spacial score (nSPS) is 14.5. The van der Waals surface area contributed by atoms with E-state index in [0.717, 1.165) is 30.2 Å². The van der Waals surface area contributed by atoms with Gasteiger partial charge in [0.2, 0.25) is 26.0 Å². The molecule has 0 aromatic heterocycles. The van der Waals surface area contributed by atoms with Crippen LogP contribution in [0.2, 0.25) is 0 Å². The SMILES string of the molecule is Cc1cc(C)cc(N(CCCC(=O)NCCOc2ccc(S(=O)(=O)N3CCCC3)cc2)S(C)(=O)=O)c1. The van der Waals surface area contributed by atoms with Crippen molar-refractivity contribution in [2.45, 2.75) is 44.4 Å². The molecule has 11 heteroatoms. The van der Waals surface area contributed by atoms with E-state index in [9.17, 15) is 21.6 Å². The average Bonchev–Trinajstić information content (AvgIpc) is 3.34. The van der Waals surface area contributed by atoms with E-state index < -0.39 is 20.0 Å². The zero-order valence-electron chi connectivity index (χ0n) is 21.1. The molecule has 9 nitrogen and oxygen atoms in total. The number of amides is 1. The number of aryl methyl sites for hydroxylation is 2. The molecule has 2 aromatic rings. The van der Waals surface area contributed by atoms with E-state index in [-0.39, 0.29) is 36.9 Å². The first-order valence-electron chi connectivity index (χ1n) is 12.0. The maximum absolute atomic E-state index is 12.6. The van der Waals surface area contributed by atoms with Gasteiger partial charge in [-0.1, -0.05) is 6.07 Å². The molecule has 0 bridgehead atoms. The Balaban J connectivity index is 1.41. The maximum atomic E-state index is 12.6. The van der Waals surface area contributed by atoms with Gasteiger partial charge in [-0.25, -0.2) is 16.8 Å². The molecule has 1 N–H and O–H groups in total. The Morgan fingerprint density at radius 3 is 2.19 bits per heavy atom. The molecule has 3 rings (SSSR count). The van der Waals surface area contributed by atoms with Gasteiger partial charge >= 0.3 is 0 Å². The summed E-state index contributed by atoms with van der Waals surface area (Å²) in [5.74, 6) is 0.321. The van der Waals surface area contributed by atoms with Crippen molar-refractivity contribution in [3.63, 3.8) is 0 Å². The van der Waals surface area contributed by atoms with Gasteiger partial charge in [-0.2, -0.15) is 4.31 Å². The Bertz CT molecular complexity index is 1230. The molecule has 1 fully saturated rings. The first kappa shape index (κ1) is 27.9. The third kappa shape index (κ3) is 7.68. The Hall–Kier alpha value is -2.63.